The summed E-state index contributed by atoms with van der Waals surface area (Å²) in [5.74, 6) is 0.701. The van der Waals surface area contributed by atoms with Crippen LogP contribution in [0.5, 0.6) is 0 Å². The summed E-state index contributed by atoms with van der Waals surface area (Å²) in [5.41, 5.74) is 3.69. The fraction of sp³-hybridized carbons (Fsp3) is 0.0769. The van der Waals surface area contributed by atoms with Crippen molar-refractivity contribution < 1.29 is 0 Å². The average molecular weight is 344 g/mol. The maximum absolute atomic E-state index is 4.31. The Morgan fingerprint density at radius 3 is 3.00 bits per heavy atom. The van der Waals surface area contributed by atoms with Gasteiger partial charge in [0.1, 0.15) is 16.7 Å². The molecule has 0 spiro atoms. The number of hydrogen-bond donors (Lipinski definition) is 3. The van der Waals surface area contributed by atoms with Crippen LogP contribution in [0.4, 0.5) is 11.5 Å². The van der Waals surface area contributed by atoms with E-state index in [1.54, 1.807) is 6.20 Å². The van der Waals surface area contributed by atoms with Crippen LogP contribution in [0.15, 0.2) is 29.3 Å². The summed E-state index contributed by atoms with van der Waals surface area (Å²) >= 11 is 3.43. The van der Waals surface area contributed by atoms with Crippen molar-refractivity contribution in [1.82, 2.24) is 30.4 Å². The number of fused-ring (bicyclic) bond motifs is 2. The molecule has 4 aromatic rings. The molecular formula is C13H10BrN7. The van der Waals surface area contributed by atoms with Crippen LogP contribution in [0.2, 0.25) is 0 Å². The van der Waals surface area contributed by atoms with Gasteiger partial charge in [-0.05, 0) is 40.5 Å². The summed E-state index contributed by atoms with van der Waals surface area (Å²) < 4.78 is 0.752. The number of anilines is 2. The second-order valence-electron chi connectivity index (χ2n) is 4.71. The summed E-state index contributed by atoms with van der Waals surface area (Å²) in [6.07, 6.45) is 3.28. The maximum Gasteiger partial charge on any atom is 0.187 e. The molecule has 0 radical (unpaired) electrons. The summed E-state index contributed by atoms with van der Waals surface area (Å²) in [5, 5.41) is 19.2. The Morgan fingerprint density at radius 2 is 2.10 bits per heavy atom. The highest BCUT2D eigenvalue weighted by Gasteiger charge is 2.12. The molecule has 0 saturated heterocycles. The van der Waals surface area contributed by atoms with E-state index in [2.05, 4.69) is 51.6 Å². The highest BCUT2D eigenvalue weighted by atomic mass is 79.9. The van der Waals surface area contributed by atoms with E-state index in [1.807, 2.05) is 19.1 Å². The number of aryl methyl sites for hydroxylation is 1. The number of H-pyrrole nitrogens is 2. The number of halogens is 1. The topological polar surface area (TPSA) is 95.2 Å². The van der Waals surface area contributed by atoms with E-state index >= 15 is 0 Å². The monoisotopic (exact) mass is 343 g/mol. The molecule has 0 bridgehead atoms. The number of nitrogens with zero attached hydrogens (tertiary/aromatic N) is 4. The highest BCUT2D eigenvalue weighted by molar-refractivity contribution is 9.10. The first kappa shape index (κ1) is 12.3. The van der Waals surface area contributed by atoms with Crippen LogP contribution in [-0.2, 0) is 0 Å². The molecule has 0 atom stereocenters. The Hall–Kier alpha value is -2.48. The zero-order valence-corrected chi connectivity index (χ0v) is 12.6. The first-order chi connectivity index (χ1) is 10.2. The fourth-order valence-corrected chi connectivity index (χ4v) is 2.73. The minimum absolute atomic E-state index is 0.612. The van der Waals surface area contributed by atoms with E-state index in [-0.39, 0.29) is 0 Å². The number of aromatic amines is 2. The third-order valence-corrected chi connectivity index (χ3v) is 3.92. The van der Waals surface area contributed by atoms with E-state index in [1.165, 1.54) is 6.33 Å². The van der Waals surface area contributed by atoms with Crippen LogP contribution >= 0.6 is 15.9 Å². The van der Waals surface area contributed by atoms with E-state index in [0.717, 1.165) is 32.1 Å². The molecule has 0 aliphatic rings. The molecule has 1 aromatic carbocycles. The highest BCUT2D eigenvalue weighted by Crippen LogP contribution is 2.30. The van der Waals surface area contributed by atoms with Crippen molar-refractivity contribution >= 4 is 49.4 Å². The van der Waals surface area contributed by atoms with Gasteiger partial charge in [-0.15, -0.1) is 0 Å². The average Bonchev–Trinajstić information content (AvgIpc) is 3.07. The molecule has 3 aromatic heterocycles. The molecule has 0 aliphatic carbocycles. The van der Waals surface area contributed by atoms with Crippen LogP contribution in [0, 0.1) is 6.92 Å². The van der Waals surface area contributed by atoms with Gasteiger partial charge in [-0.2, -0.15) is 10.2 Å². The van der Waals surface area contributed by atoms with Gasteiger partial charge in [-0.25, -0.2) is 9.97 Å². The Bertz CT molecular complexity index is 956. The summed E-state index contributed by atoms with van der Waals surface area (Å²) in [4.78, 5) is 8.44. The molecule has 3 heterocycles. The zero-order valence-electron chi connectivity index (χ0n) is 11.0. The lowest BCUT2D eigenvalue weighted by molar-refractivity contribution is 1.07. The minimum Gasteiger partial charge on any atom is -0.339 e. The molecule has 0 fully saturated rings. The number of hydrogen-bond acceptors (Lipinski definition) is 5. The summed E-state index contributed by atoms with van der Waals surface area (Å²) in [7, 11) is 0. The summed E-state index contributed by atoms with van der Waals surface area (Å²) in [6, 6.07) is 4.09. The Labute approximate surface area is 127 Å². The molecule has 0 aliphatic heterocycles. The van der Waals surface area contributed by atoms with E-state index in [0.29, 0.717) is 11.5 Å². The van der Waals surface area contributed by atoms with Gasteiger partial charge >= 0.3 is 0 Å². The van der Waals surface area contributed by atoms with Gasteiger partial charge in [0.2, 0.25) is 0 Å². The lowest BCUT2D eigenvalue weighted by atomic mass is 10.1. The van der Waals surface area contributed by atoms with Gasteiger partial charge in [0.15, 0.2) is 5.65 Å². The second kappa shape index (κ2) is 4.52. The third-order valence-electron chi connectivity index (χ3n) is 3.34. The van der Waals surface area contributed by atoms with Crippen LogP contribution in [-0.4, -0.2) is 30.4 Å². The molecule has 8 heteroatoms. The molecule has 4 rings (SSSR count). The molecule has 0 amide bonds. The van der Waals surface area contributed by atoms with E-state index in [9.17, 15) is 0 Å². The van der Waals surface area contributed by atoms with E-state index in [4.69, 9.17) is 0 Å². The largest absolute Gasteiger partial charge is 0.339 e. The maximum atomic E-state index is 4.31. The van der Waals surface area contributed by atoms with Crippen molar-refractivity contribution in [3.63, 3.8) is 0 Å². The number of rotatable bonds is 2. The number of nitrogens with one attached hydrogen (secondary N) is 3. The van der Waals surface area contributed by atoms with E-state index < -0.39 is 0 Å². The molecule has 21 heavy (non-hydrogen) atoms. The predicted molar refractivity (Wildman–Crippen MR) is 83.5 cm³/mol. The number of aromatic nitrogens is 6. The van der Waals surface area contributed by atoms with Gasteiger partial charge in [0, 0.05) is 11.1 Å². The quantitative estimate of drug-likeness (QED) is 0.519. The van der Waals surface area contributed by atoms with Crippen LogP contribution < -0.4 is 5.32 Å². The molecular weight excluding hydrogens is 334 g/mol. The zero-order chi connectivity index (χ0) is 14.4. The predicted octanol–water partition coefficient (Wildman–Crippen LogP) is 3.04. The van der Waals surface area contributed by atoms with Crippen LogP contribution in [0.25, 0.3) is 21.9 Å². The molecule has 104 valence electrons. The lowest BCUT2D eigenvalue weighted by Crippen LogP contribution is -1.97. The molecule has 0 saturated carbocycles. The normalized spacial score (nSPS) is 11.3. The lowest BCUT2D eigenvalue weighted by Gasteiger charge is -2.09. The van der Waals surface area contributed by atoms with Crippen molar-refractivity contribution in [2.45, 2.75) is 6.92 Å². The fourth-order valence-electron chi connectivity index (χ4n) is 2.28. The third kappa shape index (κ3) is 1.95. The van der Waals surface area contributed by atoms with Crippen molar-refractivity contribution in [1.29, 1.82) is 0 Å². The van der Waals surface area contributed by atoms with Crippen LogP contribution in [0.1, 0.15) is 5.56 Å². The second-order valence-corrected chi connectivity index (χ2v) is 5.50. The van der Waals surface area contributed by atoms with Crippen molar-refractivity contribution in [3.8, 4) is 0 Å². The van der Waals surface area contributed by atoms with Gasteiger partial charge in [-0.3, -0.25) is 10.2 Å². The Kier molecular flexibility index (Phi) is 2.64. The first-order valence-corrected chi connectivity index (χ1v) is 7.07. The van der Waals surface area contributed by atoms with Crippen molar-refractivity contribution in [3.05, 3.63) is 34.8 Å². The smallest absolute Gasteiger partial charge is 0.187 e. The minimum atomic E-state index is 0.612. The van der Waals surface area contributed by atoms with Gasteiger partial charge in [0.05, 0.1) is 17.1 Å². The molecule has 0 unspecified atom stereocenters. The van der Waals surface area contributed by atoms with Crippen molar-refractivity contribution in [2.75, 3.05) is 5.32 Å². The molecule has 7 nitrogen and oxygen atoms in total. The standard InChI is InChI=1S/C13H10BrN7/c1-6-2-9-7(4-17-19-9)3-8(6)18-12-10-11(14)20-21-13(10)16-5-15-12/h2-5H,1H3,(H,17,19)(H2,15,16,18,20,21). The molecule has 3 N–H and O–H groups in total. The SMILES string of the molecule is Cc1cc2[nH]ncc2cc1Nc1ncnc2n[nH]c(Br)c12. The van der Waals surface area contributed by atoms with Gasteiger partial charge < -0.3 is 5.32 Å². The first-order valence-electron chi connectivity index (χ1n) is 6.27. The van der Waals surface area contributed by atoms with Gasteiger partial charge in [-0.1, -0.05) is 0 Å². The van der Waals surface area contributed by atoms with Gasteiger partial charge in [0.25, 0.3) is 0 Å². The Balaban J connectivity index is 1.86. The van der Waals surface area contributed by atoms with Crippen molar-refractivity contribution in [2.24, 2.45) is 0 Å². The Morgan fingerprint density at radius 1 is 1.19 bits per heavy atom. The van der Waals surface area contributed by atoms with Crippen LogP contribution in [0.3, 0.4) is 0 Å². The number of benzene rings is 1. The summed E-state index contributed by atoms with van der Waals surface area (Å²) in [6.45, 7) is 2.03.